The van der Waals surface area contributed by atoms with E-state index in [1.807, 2.05) is 24.3 Å². The smallest absolute Gasteiger partial charge is 0.251 e. The Labute approximate surface area is 133 Å². The first-order chi connectivity index (χ1) is 9.08. The predicted molar refractivity (Wildman–Crippen MR) is 84.5 cm³/mol. The van der Waals surface area contributed by atoms with Crippen LogP contribution in [0.4, 0.5) is 0 Å². The standard InChI is InChI=1S/C14H10Br2ClNO/c15-11-4-2-1-3-10(11)8-18-14(19)9-5-6-13(17)12(16)7-9/h1-7H,8H2,(H,18,19). The van der Waals surface area contributed by atoms with Gasteiger partial charge in [-0.15, -0.1) is 0 Å². The van der Waals surface area contributed by atoms with Crippen LogP contribution in [0.1, 0.15) is 15.9 Å². The summed E-state index contributed by atoms with van der Waals surface area (Å²) < 4.78 is 1.69. The molecule has 0 bridgehead atoms. The molecule has 1 amide bonds. The molecule has 2 aromatic rings. The summed E-state index contributed by atoms with van der Waals surface area (Å²) in [5, 5.41) is 3.46. The Morgan fingerprint density at radius 2 is 1.84 bits per heavy atom. The van der Waals surface area contributed by atoms with Gasteiger partial charge in [0.25, 0.3) is 5.91 Å². The van der Waals surface area contributed by atoms with Crippen LogP contribution >= 0.6 is 43.5 Å². The highest BCUT2D eigenvalue weighted by atomic mass is 79.9. The summed E-state index contributed by atoms with van der Waals surface area (Å²) in [5.41, 5.74) is 1.60. The van der Waals surface area contributed by atoms with Gasteiger partial charge in [0.2, 0.25) is 0 Å². The third kappa shape index (κ3) is 3.81. The zero-order chi connectivity index (χ0) is 13.8. The van der Waals surface area contributed by atoms with Gasteiger partial charge >= 0.3 is 0 Å². The van der Waals surface area contributed by atoms with E-state index in [2.05, 4.69) is 37.2 Å². The second kappa shape index (κ2) is 6.55. The molecule has 2 nitrogen and oxygen atoms in total. The molecule has 19 heavy (non-hydrogen) atoms. The van der Waals surface area contributed by atoms with Gasteiger partial charge in [-0.25, -0.2) is 0 Å². The van der Waals surface area contributed by atoms with Crippen molar-refractivity contribution in [3.8, 4) is 0 Å². The number of carbonyl (C=O) groups excluding carboxylic acids is 1. The maximum absolute atomic E-state index is 12.0. The normalized spacial score (nSPS) is 10.3. The van der Waals surface area contributed by atoms with Crippen LogP contribution in [0.15, 0.2) is 51.4 Å². The van der Waals surface area contributed by atoms with Crippen LogP contribution in [0.5, 0.6) is 0 Å². The molecule has 0 spiro atoms. The number of amides is 1. The van der Waals surface area contributed by atoms with Crippen molar-refractivity contribution >= 4 is 49.4 Å². The van der Waals surface area contributed by atoms with Crippen molar-refractivity contribution in [2.24, 2.45) is 0 Å². The first-order valence-electron chi connectivity index (χ1n) is 5.54. The molecular weight excluding hydrogens is 393 g/mol. The lowest BCUT2D eigenvalue weighted by atomic mass is 10.2. The Morgan fingerprint density at radius 3 is 2.53 bits per heavy atom. The summed E-state index contributed by atoms with van der Waals surface area (Å²) in [6, 6.07) is 12.9. The van der Waals surface area contributed by atoms with E-state index in [0.29, 0.717) is 21.6 Å². The SMILES string of the molecule is O=C(NCc1ccccc1Br)c1ccc(Cl)c(Br)c1. The number of hydrogen-bond acceptors (Lipinski definition) is 1. The summed E-state index contributed by atoms with van der Waals surface area (Å²) in [5.74, 6) is -0.131. The predicted octanol–water partition coefficient (Wildman–Crippen LogP) is 4.80. The largest absolute Gasteiger partial charge is 0.348 e. The van der Waals surface area contributed by atoms with Crippen LogP contribution in [0.25, 0.3) is 0 Å². The van der Waals surface area contributed by atoms with Gasteiger partial charge in [0.15, 0.2) is 0 Å². The van der Waals surface area contributed by atoms with Gasteiger partial charge in [0, 0.05) is 21.1 Å². The number of halogens is 3. The first kappa shape index (κ1) is 14.6. The molecule has 0 aliphatic heterocycles. The number of rotatable bonds is 3. The zero-order valence-electron chi connectivity index (χ0n) is 9.79. The quantitative estimate of drug-likeness (QED) is 0.784. The van der Waals surface area contributed by atoms with E-state index in [9.17, 15) is 4.79 Å². The van der Waals surface area contributed by atoms with Gasteiger partial charge in [-0.05, 0) is 45.8 Å². The minimum atomic E-state index is -0.131. The van der Waals surface area contributed by atoms with Crippen molar-refractivity contribution in [3.05, 3.63) is 67.6 Å². The fourth-order valence-corrected chi connectivity index (χ4v) is 2.48. The summed E-state index contributed by atoms with van der Waals surface area (Å²) in [4.78, 5) is 12.0. The van der Waals surface area contributed by atoms with Gasteiger partial charge < -0.3 is 5.32 Å². The number of hydrogen-bond donors (Lipinski definition) is 1. The van der Waals surface area contributed by atoms with Gasteiger partial charge in [-0.3, -0.25) is 4.79 Å². The molecule has 2 aromatic carbocycles. The molecule has 2 rings (SSSR count). The minimum absolute atomic E-state index is 0.131. The second-order valence-electron chi connectivity index (χ2n) is 3.90. The molecule has 0 aromatic heterocycles. The summed E-state index contributed by atoms with van der Waals surface area (Å²) >= 11 is 12.6. The Kier molecular flexibility index (Phi) is 5.02. The highest BCUT2D eigenvalue weighted by molar-refractivity contribution is 9.10. The van der Waals surface area contributed by atoms with Crippen LogP contribution < -0.4 is 5.32 Å². The van der Waals surface area contributed by atoms with E-state index in [4.69, 9.17) is 11.6 Å². The van der Waals surface area contributed by atoms with Crippen LogP contribution in [0.2, 0.25) is 5.02 Å². The average molecular weight is 404 g/mol. The minimum Gasteiger partial charge on any atom is -0.348 e. The first-order valence-corrected chi connectivity index (χ1v) is 7.51. The second-order valence-corrected chi connectivity index (χ2v) is 6.02. The monoisotopic (exact) mass is 401 g/mol. The molecule has 0 aliphatic carbocycles. The average Bonchev–Trinajstić information content (AvgIpc) is 2.40. The van der Waals surface area contributed by atoms with Gasteiger partial charge in [0.05, 0.1) is 5.02 Å². The van der Waals surface area contributed by atoms with E-state index in [0.717, 1.165) is 10.0 Å². The van der Waals surface area contributed by atoms with Crippen molar-refractivity contribution in [1.82, 2.24) is 5.32 Å². The van der Waals surface area contributed by atoms with E-state index in [1.165, 1.54) is 0 Å². The molecule has 0 aliphatic rings. The number of carbonyl (C=O) groups is 1. The molecule has 0 radical (unpaired) electrons. The van der Waals surface area contributed by atoms with Crippen molar-refractivity contribution in [2.45, 2.75) is 6.54 Å². The highest BCUT2D eigenvalue weighted by Gasteiger charge is 2.08. The molecule has 0 fully saturated rings. The molecule has 0 heterocycles. The zero-order valence-corrected chi connectivity index (χ0v) is 13.7. The van der Waals surface area contributed by atoms with Crippen molar-refractivity contribution in [1.29, 1.82) is 0 Å². The fraction of sp³-hybridized carbons (Fsp3) is 0.0714. The van der Waals surface area contributed by atoms with Crippen molar-refractivity contribution < 1.29 is 4.79 Å². The third-order valence-corrected chi connectivity index (χ3v) is 4.57. The lowest BCUT2D eigenvalue weighted by Gasteiger charge is -2.07. The molecule has 0 saturated heterocycles. The van der Waals surface area contributed by atoms with Crippen LogP contribution in [0.3, 0.4) is 0 Å². The molecule has 0 atom stereocenters. The maximum atomic E-state index is 12.0. The Balaban J connectivity index is 2.05. The molecule has 0 saturated carbocycles. The summed E-state index contributed by atoms with van der Waals surface area (Å²) in [7, 11) is 0. The van der Waals surface area contributed by atoms with Gasteiger partial charge in [0.1, 0.15) is 0 Å². The van der Waals surface area contributed by atoms with Gasteiger partial charge in [-0.2, -0.15) is 0 Å². The lowest BCUT2D eigenvalue weighted by Crippen LogP contribution is -2.22. The summed E-state index contributed by atoms with van der Waals surface area (Å²) in [6.07, 6.45) is 0. The van der Waals surface area contributed by atoms with Crippen molar-refractivity contribution in [3.63, 3.8) is 0 Å². The Morgan fingerprint density at radius 1 is 1.11 bits per heavy atom. The van der Waals surface area contributed by atoms with E-state index in [-0.39, 0.29) is 5.91 Å². The third-order valence-electron chi connectivity index (χ3n) is 2.58. The fourth-order valence-electron chi connectivity index (χ4n) is 1.56. The topological polar surface area (TPSA) is 29.1 Å². The van der Waals surface area contributed by atoms with Crippen LogP contribution in [-0.2, 0) is 6.54 Å². The van der Waals surface area contributed by atoms with E-state index in [1.54, 1.807) is 18.2 Å². The van der Waals surface area contributed by atoms with E-state index >= 15 is 0 Å². The van der Waals surface area contributed by atoms with Crippen LogP contribution in [0, 0.1) is 0 Å². The van der Waals surface area contributed by atoms with Crippen LogP contribution in [-0.4, -0.2) is 5.91 Å². The van der Waals surface area contributed by atoms with Crippen molar-refractivity contribution in [2.75, 3.05) is 0 Å². The highest BCUT2D eigenvalue weighted by Crippen LogP contribution is 2.23. The maximum Gasteiger partial charge on any atom is 0.251 e. The van der Waals surface area contributed by atoms with E-state index < -0.39 is 0 Å². The lowest BCUT2D eigenvalue weighted by molar-refractivity contribution is 0.0951. The molecule has 1 N–H and O–H groups in total. The number of nitrogens with one attached hydrogen (secondary N) is 1. The molecular formula is C14H10Br2ClNO. The number of benzene rings is 2. The summed E-state index contributed by atoms with van der Waals surface area (Å²) in [6.45, 7) is 0.473. The van der Waals surface area contributed by atoms with Gasteiger partial charge in [-0.1, -0.05) is 45.7 Å². The molecule has 98 valence electrons. The molecule has 5 heteroatoms. The Hall–Kier alpha value is -0.840. The Bertz CT molecular complexity index is 616. The molecule has 0 unspecified atom stereocenters.